The molecule has 1 fully saturated rings. The van der Waals surface area contributed by atoms with E-state index in [1.54, 1.807) is 0 Å². The number of hydrogen-bond donors (Lipinski definition) is 3. The lowest BCUT2D eigenvalue weighted by atomic mass is 10.2. The van der Waals surface area contributed by atoms with E-state index >= 15 is 0 Å². The van der Waals surface area contributed by atoms with Gasteiger partial charge in [0.05, 0.1) is 0 Å². The molecule has 1 saturated carbocycles. The molecule has 1 aromatic rings. The standard InChI is InChI=1S/C20H31BrN4O2.HI/c1-3-22-20(23-10-4-12-27-14-16-6-7-16)24-11-9-19(26)25-18-13-17(21)8-5-15(18)2;/h5,8,13,16H,3-4,6-7,9-12,14H2,1-2H3,(H,25,26)(H2,22,23,24);1H. The number of nitrogens with one attached hydrogen (secondary N) is 3. The van der Waals surface area contributed by atoms with Crippen LogP contribution in [0.15, 0.2) is 27.7 Å². The maximum Gasteiger partial charge on any atom is 0.226 e. The number of carbonyl (C=O) groups is 1. The predicted molar refractivity (Wildman–Crippen MR) is 130 cm³/mol. The first-order chi connectivity index (χ1) is 13.1. The molecule has 2 rings (SSSR count). The normalized spacial score (nSPS) is 13.6. The van der Waals surface area contributed by atoms with Crippen molar-refractivity contribution in [1.29, 1.82) is 0 Å². The van der Waals surface area contributed by atoms with Crippen LogP contribution in [0.1, 0.15) is 38.2 Å². The molecule has 0 unspecified atom stereocenters. The lowest BCUT2D eigenvalue weighted by Gasteiger charge is -2.12. The van der Waals surface area contributed by atoms with Crippen molar-refractivity contribution < 1.29 is 9.53 Å². The molecule has 1 aliphatic rings. The number of ether oxygens (including phenoxy) is 1. The molecule has 6 nitrogen and oxygen atoms in total. The second kappa shape index (κ2) is 14.2. The molecule has 0 spiro atoms. The van der Waals surface area contributed by atoms with Crippen LogP contribution in [0.2, 0.25) is 0 Å². The zero-order chi connectivity index (χ0) is 19.5. The minimum Gasteiger partial charge on any atom is -0.381 e. The van der Waals surface area contributed by atoms with Gasteiger partial charge in [0.25, 0.3) is 0 Å². The summed E-state index contributed by atoms with van der Waals surface area (Å²) in [5, 5.41) is 9.36. The van der Waals surface area contributed by atoms with E-state index in [0.717, 1.165) is 53.8 Å². The number of guanidine groups is 1. The fourth-order valence-corrected chi connectivity index (χ4v) is 2.83. The van der Waals surface area contributed by atoms with Crippen molar-refractivity contribution >= 4 is 57.5 Å². The Hall–Kier alpha value is -0.870. The number of aliphatic imine (C=N–C) groups is 1. The topological polar surface area (TPSA) is 74.8 Å². The molecule has 158 valence electrons. The van der Waals surface area contributed by atoms with Crippen LogP contribution in [-0.2, 0) is 9.53 Å². The van der Waals surface area contributed by atoms with Crippen LogP contribution in [0.4, 0.5) is 5.69 Å². The van der Waals surface area contributed by atoms with E-state index in [-0.39, 0.29) is 29.9 Å². The Kier molecular flexibility index (Phi) is 12.7. The molecule has 0 saturated heterocycles. The molecule has 0 heterocycles. The van der Waals surface area contributed by atoms with Crippen LogP contribution < -0.4 is 16.0 Å². The van der Waals surface area contributed by atoms with Gasteiger partial charge in [0.2, 0.25) is 5.91 Å². The van der Waals surface area contributed by atoms with Crippen molar-refractivity contribution in [2.75, 3.05) is 38.2 Å². The third-order valence-electron chi connectivity index (χ3n) is 4.23. The number of hydrogen-bond acceptors (Lipinski definition) is 3. The Labute approximate surface area is 193 Å². The van der Waals surface area contributed by atoms with Gasteiger partial charge in [0.15, 0.2) is 5.96 Å². The minimum absolute atomic E-state index is 0. The smallest absolute Gasteiger partial charge is 0.226 e. The Morgan fingerprint density at radius 2 is 2.11 bits per heavy atom. The third kappa shape index (κ3) is 10.6. The molecule has 0 radical (unpaired) electrons. The molecule has 0 bridgehead atoms. The van der Waals surface area contributed by atoms with Gasteiger partial charge >= 0.3 is 0 Å². The summed E-state index contributed by atoms with van der Waals surface area (Å²) in [5.74, 6) is 1.53. The third-order valence-corrected chi connectivity index (χ3v) is 4.72. The summed E-state index contributed by atoms with van der Waals surface area (Å²) >= 11 is 3.43. The maximum absolute atomic E-state index is 12.2. The summed E-state index contributed by atoms with van der Waals surface area (Å²) in [5.41, 5.74) is 1.87. The molecule has 0 atom stereocenters. The fraction of sp³-hybridized carbons (Fsp3) is 0.600. The summed E-state index contributed by atoms with van der Waals surface area (Å²) in [7, 11) is 0. The van der Waals surface area contributed by atoms with Crippen LogP contribution in [0, 0.1) is 12.8 Å². The van der Waals surface area contributed by atoms with Crippen LogP contribution in [0.3, 0.4) is 0 Å². The van der Waals surface area contributed by atoms with E-state index in [1.807, 2.05) is 32.0 Å². The molecular formula is C20H32BrIN4O2. The van der Waals surface area contributed by atoms with E-state index in [4.69, 9.17) is 4.74 Å². The number of aryl methyl sites for hydroxylation is 1. The van der Waals surface area contributed by atoms with Crippen molar-refractivity contribution in [1.82, 2.24) is 10.6 Å². The SMILES string of the molecule is CCNC(=NCCCOCC1CC1)NCCC(=O)Nc1cc(Br)ccc1C.I. The van der Waals surface area contributed by atoms with Gasteiger partial charge in [-0.05, 0) is 56.7 Å². The van der Waals surface area contributed by atoms with Gasteiger partial charge < -0.3 is 20.7 Å². The van der Waals surface area contributed by atoms with E-state index in [1.165, 1.54) is 12.8 Å². The number of halogens is 2. The first-order valence-corrected chi connectivity index (χ1v) is 10.5. The Morgan fingerprint density at radius 3 is 2.82 bits per heavy atom. The number of benzene rings is 1. The van der Waals surface area contributed by atoms with E-state index < -0.39 is 0 Å². The number of amides is 1. The van der Waals surface area contributed by atoms with Gasteiger partial charge in [-0.2, -0.15) is 0 Å². The van der Waals surface area contributed by atoms with Crippen LogP contribution in [0.5, 0.6) is 0 Å². The highest BCUT2D eigenvalue weighted by atomic mass is 127. The number of rotatable bonds is 11. The molecule has 8 heteroatoms. The molecule has 1 aromatic carbocycles. The largest absolute Gasteiger partial charge is 0.381 e. The number of anilines is 1. The van der Waals surface area contributed by atoms with Crippen molar-refractivity contribution in [2.45, 2.75) is 39.5 Å². The second-order valence-corrected chi connectivity index (χ2v) is 7.73. The first kappa shape index (κ1) is 25.2. The van der Waals surface area contributed by atoms with Crippen molar-refractivity contribution in [2.24, 2.45) is 10.9 Å². The summed E-state index contributed by atoms with van der Waals surface area (Å²) in [6.07, 6.45) is 3.93. The zero-order valence-corrected chi connectivity index (χ0v) is 20.6. The highest BCUT2D eigenvalue weighted by Crippen LogP contribution is 2.28. The lowest BCUT2D eigenvalue weighted by molar-refractivity contribution is -0.116. The second-order valence-electron chi connectivity index (χ2n) is 6.82. The van der Waals surface area contributed by atoms with Crippen molar-refractivity contribution in [3.8, 4) is 0 Å². The Morgan fingerprint density at radius 1 is 1.32 bits per heavy atom. The Balaban J connectivity index is 0.00000392. The van der Waals surface area contributed by atoms with Gasteiger partial charge in [0, 0.05) is 49.4 Å². The van der Waals surface area contributed by atoms with E-state index in [0.29, 0.717) is 19.5 Å². The van der Waals surface area contributed by atoms with Crippen molar-refractivity contribution in [3.63, 3.8) is 0 Å². The molecule has 3 N–H and O–H groups in total. The quantitative estimate of drug-likeness (QED) is 0.163. The van der Waals surface area contributed by atoms with Gasteiger partial charge in [-0.15, -0.1) is 24.0 Å². The molecule has 1 amide bonds. The van der Waals surface area contributed by atoms with Crippen LogP contribution >= 0.6 is 39.9 Å². The molecule has 0 aromatic heterocycles. The summed E-state index contributed by atoms with van der Waals surface area (Å²) < 4.78 is 6.57. The average molecular weight is 567 g/mol. The summed E-state index contributed by atoms with van der Waals surface area (Å²) in [6.45, 7) is 7.69. The number of carbonyl (C=O) groups excluding carboxylic acids is 1. The minimum atomic E-state index is -0.0203. The van der Waals surface area contributed by atoms with E-state index in [9.17, 15) is 4.79 Å². The summed E-state index contributed by atoms with van der Waals surface area (Å²) in [6, 6.07) is 5.85. The van der Waals surface area contributed by atoms with Gasteiger partial charge in [0.1, 0.15) is 0 Å². The van der Waals surface area contributed by atoms with Crippen LogP contribution in [-0.4, -0.2) is 44.7 Å². The molecule has 28 heavy (non-hydrogen) atoms. The highest BCUT2D eigenvalue weighted by molar-refractivity contribution is 14.0. The number of nitrogens with zero attached hydrogens (tertiary/aromatic N) is 1. The monoisotopic (exact) mass is 566 g/mol. The van der Waals surface area contributed by atoms with Gasteiger partial charge in [-0.25, -0.2) is 0 Å². The highest BCUT2D eigenvalue weighted by Gasteiger charge is 2.20. The Bertz CT molecular complexity index is 639. The zero-order valence-electron chi connectivity index (χ0n) is 16.7. The van der Waals surface area contributed by atoms with Gasteiger partial charge in [-0.3, -0.25) is 9.79 Å². The van der Waals surface area contributed by atoms with E-state index in [2.05, 4.69) is 36.9 Å². The summed E-state index contributed by atoms with van der Waals surface area (Å²) in [4.78, 5) is 16.7. The van der Waals surface area contributed by atoms with Crippen molar-refractivity contribution in [3.05, 3.63) is 28.2 Å². The molecule has 1 aliphatic carbocycles. The lowest BCUT2D eigenvalue weighted by Crippen LogP contribution is -2.38. The predicted octanol–water partition coefficient (Wildman–Crippen LogP) is 4.08. The molecule has 0 aliphatic heterocycles. The molecular weight excluding hydrogens is 535 g/mol. The van der Waals surface area contributed by atoms with Gasteiger partial charge in [-0.1, -0.05) is 22.0 Å². The average Bonchev–Trinajstić information content (AvgIpc) is 3.45. The maximum atomic E-state index is 12.2. The fourth-order valence-electron chi connectivity index (χ4n) is 2.47. The first-order valence-electron chi connectivity index (χ1n) is 9.74. The van der Waals surface area contributed by atoms with Crippen LogP contribution in [0.25, 0.3) is 0 Å².